The number of Topliss-reactive ketones (excluding diaryl/α,β-unsaturated/α-hetero) is 1. The van der Waals surface area contributed by atoms with Crippen molar-refractivity contribution in [1.29, 1.82) is 0 Å². The number of quaternary nitrogens is 1. The number of benzene rings is 1. The first-order valence-corrected chi connectivity index (χ1v) is 11.4. The maximum absolute atomic E-state index is 13.2. The van der Waals surface area contributed by atoms with Crippen molar-refractivity contribution in [2.24, 2.45) is 0 Å². The highest BCUT2D eigenvalue weighted by Crippen LogP contribution is 2.38. The zero-order valence-electron chi connectivity index (χ0n) is 17.9. The number of ether oxygens (including phenoxy) is 1. The van der Waals surface area contributed by atoms with Crippen LogP contribution in [0.3, 0.4) is 0 Å². The molecule has 2 aromatic rings. The maximum atomic E-state index is 13.2. The first-order valence-electron chi connectivity index (χ1n) is 10.5. The number of hydrogen-bond donors (Lipinski definition) is 1. The number of carbonyl (C=O) groups excluding carboxylic acids is 2. The lowest BCUT2D eigenvalue weighted by Crippen LogP contribution is -3.12. The van der Waals surface area contributed by atoms with Crippen LogP contribution in [0.25, 0.3) is 0 Å². The molecule has 0 aliphatic carbocycles. The number of amides is 1. The number of ketones is 1. The van der Waals surface area contributed by atoms with Crippen molar-refractivity contribution in [2.75, 3.05) is 32.8 Å². The van der Waals surface area contributed by atoms with Gasteiger partial charge in [0, 0.05) is 5.57 Å². The number of likely N-dealkylation sites (N-methyl/N-ethyl adjacent to an activating group) is 1. The molecule has 0 saturated carbocycles. The van der Waals surface area contributed by atoms with E-state index in [2.05, 4.69) is 20.4 Å². The minimum Gasteiger partial charge on any atom is -0.868 e. The number of hydrogen-bond acceptors (Lipinski definition) is 5. The van der Waals surface area contributed by atoms with Gasteiger partial charge in [-0.3, -0.25) is 9.59 Å². The molecular formula is C24H28N2O4S. The van der Waals surface area contributed by atoms with Crippen molar-refractivity contribution in [3.05, 3.63) is 76.2 Å². The topological polar surface area (TPSA) is 74.1 Å². The Bertz CT molecular complexity index is 946. The van der Waals surface area contributed by atoms with Gasteiger partial charge < -0.3 is 19.6 Å². The van der Waals surface area contributed by atoms with Crippen LogP contribution in [0.2, 0.25) is 0 Å². The van der Waals surface area contributed by atoms with E-state index in [0.717, 1.165) is 18.7 Å². The number of nitrogens with one attached hydrogen (secondary N) is 1. The molecule has 7 heteroatoms. The third-order valence-corrected chi connectivity index (χ3v) is 6.41. The summed E-state index contributed by atoms with van der Waals surface area (Å²) in [6.45, 7) is 11.2. The quantitative estimate of drug-likeness (QED) is 0.426. The van der Waals surface area contributed by atoms with Crippen molar-refractivity contribution in [2.45, 2.75) is 19.9 Å². The van der Waals surface area contributed by atoms with E-state index in [-0.39, 0.29) is 11.4 Å². The highest BCUT2D eigenvalue weighted by atomic mass is 32.1. The molecule has 1 aliphatic heterocycles. The standard InChI is InChI=1S/C24H28N2O4S/c1-4-15-30-18-11-9-17(10-12-18)21-20(22(27)19-8-7-16-31-19)23(28)24(29)26(21)14-13-25(5-2)6-3/h4,7-12,16,21,28H,1,5-6,13-15H2,2-3H3. The van der Waals surface area contributed by atoms with Gasteiger partial charge in [-0.1, -0.05) is 30.9 Å². The van der Waals surface area contributed by atoms with Gasteiger partial charge in [-0.2, -0.15) is 0 Å². The van der Waals surface area contributed by atoms with Gasteiger partial charge in [0.05, 0.1) is 37.1 Å². The van der Waals surface area contributed by atoms with Crippen LogP contribution >= 0.6 is 11.3 Å². The van der Waals surface area contributed by atoms with Gasteiger partial charge in [-0.15, -0.1) is 11.3 Å². The van der Waals surface area contributed by atoms with Crippen LogP contribution in [0.15, 0.2) is 65.8 Å². The van der Waals surface area contributed by atoms with E-state index >= 15 is 0 Å². The van der Waals surface area contributed by atoms with Crippen molar-refractivity contribution >= 4 is 23.0 Å². The van der Waals surface area contributed by atoms with Crippen LogP contribution in [0.1, 0.15) is 35.1 Å². The van der Waals surface area contributed by atoms with Gasteiger partial charge in [0.2, 0.25) is 11.7 Å². The van der Waals surface area contributed by atoms with E-state index in [1.54, 1.807) is 40.6 Å². The average Bonchev–Trinajstić information content (AvgIpc) is 3.41. The fourth-order valence-electron chi connectivity index (χ4n) is 3.77. The van der Waals surface area contributed by atoms with Gasteiger partial charge in [0.25, 0.3) is 0 Å². The first kappa shape index (κ1) is 22.8. The molecule has 3 rings (SSSR count). The summed E-state index contributed by atoms with van der Waals surface area (Å²) >= 11 is 1.27. The van der Waals surface area contributed by atoms with Gasteiger partial charge in [-0.05, 0) is 48.7 Å². The van der Waals surface area contributed by atoms with Gasteiger partial charge in [0.15, 0.2) is 0 Å². The Balaban J connectivity index is 1.96. The summed E-state index contributed by atoms with van der Waals surface area (Å²) in [5.41, 5.74) is 0.751. The summed E-state index contributed by atoms with van der Waals surface area (Å²) in [5.74, 6) is -1.03. The molecule has 0 fully saturated rings. The summed E-state index contributed by atoms with van der Waals surface area (Å²) in [6, 6.07) is 9.95. The lowest BCUT2D eigenvalue weighted by atomic mass is 9.95. The number of thiophene rings is 1. The predicted octanol–water partition coefficient (Wildman–Crippen LogP) is 1.62. The summed E-state index contributed by atoms with van der Waals surface area (Å²) < 4.78 is 5.54. The Kier molecular flexibility index (Phi) is 7.65. The van der Waals surface area contributed by atoms with E-state index in [0.29, 0.717) is 30.3 Å². The third kappa shape index (κ3) is 4.89. The molecule has 1 aromatic carbocycles. The van der Waals surface area contributed by atoms with Crippen molar-refractivity contribution in [1.82, 2.24) is 4.90 Å². The number of nitrogens with zero attached hydrogens (tertiary/aromatic N) is 1. The Hall–Kier alpha value is -2.90. The van der Waals surface area contributed by atoms with Gasteiger partial charge in [-0.25, -0.2) is 0 Å². The zero-order valence-corrected chi connectivity index (χ0v) is 18.7. The van der Waals surface area contributed by atoms with Crippen LogP contribution in [0.4, 0.5) is 0 Å². The van der Waals surface area contributed by atoms with Crippen LogP contribution in [-0.2, 0) is 4.79 Å². The molecule has 1 atom stereocenters. The molecule has 1 aliphatic rings. The van der Waals surface area contributed by atoms with Gasteiger partial charge in [0.1, 0.15) is 12.4 Å². The van der Waals surface area contributed by atoms with Crippen LogP contribution in [0.5, 0.6) is 5.75 Å². The molecule has 31 heavy (non-hydrogen) atoms. The molecule has 164 valence electrons. The fourth-order valence-corrected chi connectivity index (χ4v) is 4.45. The van der Waals surface area contributed by atoms with Crippen molar-refractivity contribution in [3.63, 3.8) is 0 Å². The van der Waals surface area contributed by atoms with Crippen molar-refractivity contribution < 1.29 is 24.3 Å². The minimum atomic E-state index is -0.704. The normalized spacial score (nSPS) is 16.3. The van der Waals surface area contributed by atoms with Crippen molar-refractivity contribution in [3.8, 4) is 5.75 Å². The van der Waals surface area contributed by atoms with Crippen LogP contribution in [0, 0.1) is 0 Å². The summed E-state index contributed by atoms with van der Waals surface area (Å²) in [5, 5.41) is 14.7. The molecule has 2 heterocycles. The first-order chi connectivity index (χ1) is 15.0. The molecule has 1 aromatic heterocycles. The molecule has 0 saturated heterocycles. The van der Waals surface area contributed by atoms with E-state index in [1.807, 2.05) is 12.1 Å². The smallest absolute Gasteiger partial charge is 0.240 e. The second-order valence-electron chi connectivity index (χ2n) is 7.33. The highest BCUT2D eigenvalue weighted by molar-refractivity contribution is 7.12. The molecule has 1 amide bonds. The lowest BCUT2D eigenvalue weighted by Gasteiger charge is -2.29. The molecule has 1 N–H and O–H groups in total. The van der Waals surface area contributed by atoms with Gasteiger partial charge >= 0.3 is 0 Å². The summed E-state index contributed by atoms with van der Waals surface area (Å²) in [4.78, 5) is 29.5. The number of carbonyl (C=O) groups is 2. The molecular weight excluding hydrogens is 412 g/mol. The predicted molar refractivity (Wildman–Crippen MR) is 119 cm³/mol. The molecule has 0 spiro atoms. The van der Waals surface area contributed by atoms with E-state index in [4.69, 9.17) is 4.74 Å². The summed E-state index contributed by atoms with van der Waals surface area (Å²) in [7, 11) is 0. The second kappa shape index (κ2) is 10.4. The van der Waals surface area contributed by atoms with Crippen LogP contribution in [-0.4, -0.2) is 49.4 Å². The lowest BCUT2D eigenvalue weighted by molar-refractivity contribution is -0.895. The molecule has 6 nitrogen and oxygen atoms in total. The number of rotatable bonds is 11. The Morgan fingerprint density at radius 3 is 2.55 bits per heavy atom. The minimum absolute atomic E-state index is 0.0294. The van der Waals surface area contributed by atoms with Crippen LogP contribution < -0.4 is 14.7 Å². The summed E-state index contributed by atoms with van der Waals surface area (Å²) in [6.07, 6.45) is 1.66. The van der Waals surface area contributed by atoms with E-state index < -0.39 is 17.7 Å². The second-order valence-corrected chi connectivity index (χ2v) is 8.27. The third-order valence-electron chi connectivity index (χ3n) is 5.54. The fraction of sp³-hybridized carbons (Fsp3) is 0.333. The monoisotopic (exact) mass is 440 g/mol. The largest absolute Gasteiger partial charge is 0.868 e. The molecule has 0 bridgehead atoms. The van der Waals surface area contributed by atoms with E-state index in [1.165, 1.54) is 16.2 Å². The average molecular weight is 441 g/mol. The molecule has 0 radical (unpaired) electrons. The Morgan fingerprint density at radius 2 is 1.97 bits per heavy atom. The SMILES string of the molecule is C=CCOc1ccc(C2C(C(=O)c3cccs3)=C([O-])C(=O)N2CC[NH+](CC)CC)cc1. The highest BCUT2D eigenvalue weighted by Gasteiger charge is 2.40. The zero-order chi connectivity index (χ0) is 22.4. The molecule has 1 unspecified atom stereocenters. The van der Waals surface area contributed by atoms with E-state index in [9.17, 15) is 14.7 Å². The maximum Gasteiger partial charge on any atom is 0.240 e. The Labute approximate surface area is 187 Å². The Morgan fingerprint density at radius 1 is 1.26 bits per heavy atom.